The Morgan fingerprint density at radius 3 is 2.65 bits per heavy atom. The second-order valence-electron chi connectivity index (χ2n) is 4.55. The van der Waals surface area contributed by atoms with Crippen molar-refractivity contribution in [2.24, 2.45) is 5.92 Å². The standard InChI is InChI=1S/C14H23NO2/c1-11(2)10-17-14(9-15-3)12-6-5-7-13(8-12)16-4/h5-8,11,14-15H,9-10H2,1-4H3. The van der Waals surface area contributed by atoms with Gasteiger partial charge in [0.05, 0.1) is 13.2 Å². The third-order valence-corrected chi connectivity index (χ3v) is 2.49. The van der Waals surface area contributed by atoms with E-state index < -0.39 is 0 Å². The SMILES string of the molecule is CNCC(OCC(C)C)c1cccc(OC)c1. The lowest BCUT2D eigenvalue weighted by Crippen LogP contribution is -2.21. The summed E-state index contributed by atoms with van der Waals surface area (Å²) in [6.07, 6.45) is 0.0810. The molecule has 0 aromatic heterocycles. The molecule has 0 amide bonds. The van der Waals surface area contributed by atoms with E-state index in [9.17, 15) is 0 Å². The van der Waals surface area contributed by atoms with Crippen molar-refractivity contribution in [2.75, 3.05) is 27.3 Å². The maximum Gasteiger partial charge on any atom is 0.119 e. The van der Waals surface area contributed by atoms with Crippen LogP contribution in [0.4, 0.5) is 0 Å². The molecule has 0 bridgehead atoms. The van der Waals surface area contributed by atoms with Crippen LogP contribution < -0.4 is 10.1 Å². The molecule has 3 nitrogen and oxygen atoms in total. The minimum absolute atomic E-state index is 0.0810. The first-order valence-electron chi connectivity index (χ1n) is 6.07. The summed E-state index contributed by atoms with van der Waals surface area (Å²) in [7, 11) is 3.62. The molecular weight excluding hydrogens is 214 g/mol. The van der Waals surface area contributed by atoms with Gasteiger partial charge in [-0.25, -0.2) is 0 Å². The molecule has 0 saturated heterocycles. The zero-order chi connectivity index (χ0) is 12.7. The number of hydrogen-bond donors (Lipinski definition) is 1. The highest BCUT2D eigenvalue weighted by Gasteiger charge is 2.12. The number of methoxy groups -OCH3 is 1. The number of nitrogens with one attached hydrogen (secondary N) is 1. The largest absolute Gasteiger partial charge is 0.497 e. The van der Waals surface area contributed by atoms with Crippen molar-refractivity contribution >= 4 is 0 Å². The van der Waals surface area contributed by atoms with Gasteiger partial charge < -0.3 is 14.8 Å². The molecule has 0 heterocycles. The lowest BCUT2D eigenvalue weighted by Gasteiger charge is -2.19. The Kier molecular flexibility index (Phi) is 6.01. The highest BCUT2D eigenvalue weighted by atomic mass is 16.5. The molecule has 0 fully saturated rings. The molecule has 1 atom stereocenters. The van der Waals surface area contributed by atoms with Crippen molar-refractivity contribution in [2.45, 2.75) is 20.0 Å². The fourth-order valence-electron chi connectivity index (χ4n) is 1.61. The van der Waals surface area contributed by atoms with E-state index >= 15 is 0 Å². The van der Waals surface area contributed by atoms with Crippen LogP contribution in [-0.4, -0.2) is 27.3 Å². The molecule has 1 N–H and O–H groups in total. The fraction of sp³-hybridized carbons (Fsp3) is 0.571. The van der Waals surface area contributed by atoms with Gasteiger partial charge in [-0.05, 0) is 30.7 Å². The lowest BCUT2D eigenvalue weighted by molar-refractivity contribution is 0.0362. The van der Waals surface area contributed by atoms with E-state index in [0.717, 1.165) is 24.5 Å². The van der Waals surface area contributed by atoms with Gasteiger partial charge in [0.1, 0.15) is 5.75 Å². The average molecular weight is 237 g/mol. The molecule has 0 radical (unpaired) electrons. The van der Waals surface area contributed by atoms with Crippen LogP contribution in [0.1, 0.15) is 25.5 Å². The Morgan fingerprint density at radius 2 is 2.06 bits per heavy atom. The monoisotopic (exact) mass is 237 g/mol. The lowest BCUT2D eigenvalue weighted by atomic mass is 10.1. The van der Waals surface area contributed by atoms with Gasteiger partial charge in [0.15, 0.2) is 0 Å². The van der Waals surface area contributed by atoms with Crippen molar-refractivity contribution in [3.63, 3.8) is 0 Å². The maximum atomic E-state index is 5.91. The first-order chi connectivity index (χ1) is 8.17. The zero-order valence-electron chi connectivity index (χ0n) is 11.2. The topological polar surface area (TPSA) is 30.5 Å². The van der Waals surface area contributed by atoms with Crippen molar-refractivity contribution in [3.05, 3.63) is 29.8 Å². The van der Waals surface area contributed by atoms with Gasteiger partial charge in [-0.15, -0.1) is 0 Å². The van der Waals surface area contributed by atoms with E-state index in [2.05, 4.69) is 25.2 Å². The summed E-state index contributed by atoms with van der Waals surface area (Å²) in [6, 6.07) is 8.05. The molecule has 3 heteroatoms. The van der Waals surface area contributed by atoms with Gasteiger partial charge in [-0.3, -0.25) is 0 Å². The number of ether oxygens (including phenoxy) is 2. The normalized spacial score (nSPS) is 12.8. The molecule has 0 aliphatic carbocycles. The summed E-state index contributed by atoms with van der Waals surface area (Å²) >= 11 is 0. The first-order valence-corrected chi connectivity index (χ1v) is 6.07. The second kappa shape index (κ2) is 7.30. The molecule has 17 heavy (non-hydrogen) atoms. The van der Waals surface area contributed by atoms with Crippen LogP contribution in [0.3, 0.4) is 0 Å². The average Bonchev–Trinajstić information content (AvgIpc) is 2.34. The highest BCUT2D eigenvalue weighted by molar-refractivity contribution is 5.30. The summed E-state index contributed by atoms with van der Waals surface area (Å²) in [5, 5.41) is 3.16. The molecule has 0 saturated carbocycles. The summed E-state index contributed by atoms with van der Waals surface area (Å²) in [5.41, 5.74) is 1.15. The molecule has 0 aliphatic heterocycles. The molecular formula is C14H23NO2. The Bertz CT molecular complexity index is 326. The van der Waals surface area contributed by atoms with Crippen LogP contribution >= 0.6 is 0 Å². The van der Waals surface area contributed by atoms with E-state index in [0.29, 0.717) is 5.92 Å². The number of benzene rings is 1. The van der Waals surface area contributed by atoms with E-state index in [-0.39, 0.29) is 6.10 Å². The van der Waals surface area contributed by atoms with Gasteiger partial charge in [0.25, 0.3) is 0 Å². The molecule has 1 aromatic carbocycles. The van der Waals surface area contributed by atoms with Gasteiger partial charge in [0.2, 0.25) is 0 Å². The van der Waals surface area contributed by atoms with E-state index in [1.807, 2.05) is 25.2 Å². The summed E-state index contributed by atoms with van der Waals surface area (Å²) in [6.45, 7) is 5.88. The number of likely N-dealkylation sites (N-methyl/N-ethyl adjacent to an activating group) is 1. The van der Waals surface area contributed by atoms with Crippen LogP contribution in [0.25, 0.3) is 0 Å². The van der Waals surface area contributed by atoms with Gasteiger partial charge in [0, 0.05) is 13.2 Å². The van der Waals surface area contributed by atoms with Crippen molar-refractivity contribution in [1.82, 2.24) is 5.32 Å². The molecule has 96 valence electrons. The van der Waals surface area contributed by atoms with Gasteiger partial charge in [-0.1, -0.05) is 26.0 Å². The third kappa shape index (κ3) is 4.75. The Morgan fingerprint density at radius 1 is 1.29 bits per heavy atom. The smallest absolute Gasteiger partial charge is 0.119 e. The third-order valence-electron chi connectivity index (χ3n) is 2.49. The number of hydrogen-bond acceptors (Lipinski definition) is 3. The molecule has 0 aliphatic rings. The van der Waals surface area contributed by atoms with Crippen LogP contribution in [0.5, 0.6) is 5.75 Å². The minimum Gasteiger partial charge on any atom is -0.497 e. The second-order valence-corrected chi connectivity index (χ2v) is 4.55. The molecule has 0 spiro atoms. The quantitative estimate of drug-likeness (QED) is 0.790. The summed E-state index contributed by atoms with van der Waals surface area (Å²) in [4.78, 5) is 0. The minimum atomic E-state index is 0.0810. The van der Waals surface area contributed by atoms with E-state index in [1.165, 1.54) is 0 Å². The van der Waals surface area contributed by atoms with E-state index in [1.54, 1.807) is 7.11 Å². The van der Waals surface area contributed by atoms with Gasteiger partial charge >= 0.3 is 0 Å². The van der Waals surface area contributed by atoms with Crippen molar-refractivity contribution < 1.29 is 9.47 Å². The van der Waals surface area contributed by atoms with Gasteiger partial charge in [-0.2, -0.15) is 0 Å². The number of rotatable bonds is 7. The van der Waals surface area contributed by atoms with Crippen LogP contribution in [0.2, 0.25) is 0 Å². The fourth-order valence-corrected chi connectivity index (χ4v) is 1.61. The summed E-state index contributed by atoms with van der Waals surface area (Å²) in [5.74, 6) is 1.41. The summed E-state index contributed by atoms with van der Waals surface area (Å²) < 4.78 is 11.1. The Labute approximate surface area is 104 Å². The first kappa shape index (κ1) is 14.0. The predicted molar refractivity (Wildman–Crippen MR) is 70.5 cm³/mol. The van der Waals surface area contributed by atoms with Crippen LogP contribution in [0.15, 0.2) is 24.3 Å². The van der Waals surface area contributed by atoms with Crippen LogP contribution in [-0.2, 0) is 4.74 Å². The molecule has 1 aromatic rings. The maximum absolute atomic E-state index is 5.91. The zero-order valence-corrected chi connectivity index (χ0v) is 11.2. The predicted octanol–water partition coefficient (Wildman–Crippen LogP) is 2.63. The van der Waals surface area contributed by atoms with Crippen molar-refractivity contribution in [1.29, 1.82) is 0 Å². The van der Waals surface area contributed by atoms with E-state index in [4.69, 9.17) is 9.47 Å². The Balaban J connectivity index is 2.73. The highest BCUT2D eigenvalue weighted by Crippen LogP contribution is 2.22. The molecule has 1 unspecified atom stereocenters. The Hall–Kier alpha value is -1.06. The van der Waals surface area contributed by atoms with Crippen LogP contribution in [0, 0.1) is 5.92 Å². The molecule has 1 rings (SSSR count). The van der Waals surface area contributed by atoms with Crippen molar-refractivity contribution in [3.8, 4) is 5.75 Å².